The Bertz CT molecular complexity index is 3330. The topological polar surface area (TPSA) is 61.8 Å². The SMILES string of the molecule is [C-]#[N+]c1cccc(-c2ccc3c4ccccc4n(-c4cc(C(F)(F)F)cc(-n5c6ccccc6c6ccc(-c7cccc(C#N)c7)cc65)c4-c4cccc(C#N)c4)c3c2)c1. The van der Waals surface area contributed by atoms with E-state index in [2.05, 4.69) is 17.0 Å². The first kappa shape index (κ1) is 36.0. The van der Waals surface area contributed by atoms with Gasteiger partial charge < -0.3 is 9.13 Å². The van der Waals surface area contributed by atoms with Gasteiger partial charge in [0.05, 0.1) is 68.8 Å². The quantitative estimate of drug-likeness (QED) is 0.163. The molecule has 0 saturated carbocycles. The fourth-order valence-corrected chi connectivity index (χ4v) is 8.51. The maximum Gasteiger partial charge on any atom is 0.416 e. The molecule has 10 aromatic rings. The van der Waals surface area contributed by atoms with Crippen LogP contribution in [0.25, 0.3) is 93.2 Å². The lowest BCUT2D eigenvalue weighted by Gasteiger charge is -2.23. The van der Waals surface area contributed by atoms with E-state index in [0.717, 1.165) is 43.8 Å². The molecule has 0 fully saturated rings. The lowest BCUT2D eigenvalue weighted by Crippen LogP contribution is -2.11. The van der Waals surface area contributed by atoms with Crippen molar-refractivity contribution in [3.8, 4) is 56.9 Å². The van der Waals surface area contributed by atoms with E-state index in [1.807, 2.05) is 124 Å². The lowest BCUT2D eigenvalue weighted by molar-refractivity contribution is -0.137. The first-order valence-corrected chi connectivity index (χ1v) is 19.1. The van der Waals surface area contributed by atoms with Gasteiger partial charge in [-0.2, -0.15) is 23.7 Å². The summed E-state index contributed by atoms with van der Waals surface area (Å²) < 4.78 is 50.4. The molecule has 2 aromatic heterocycles. The zero-order valence-electron chi connectivity index (χ0n) is 31.5. The monoisotopic (exact) mass is 779 g/mol. The molecule has 8 heteroatoms. The Balaban J connectivity index is 1.38. The second-order valence-corrected chi connectivity index (χ2v) is 14.6. The predicted molar refractivity (Wildman–Crippen MR) is 232 cm³/mol. The molecule has 0 saturated heterocycles. The summed E-state index contributed by atoms with van der Waals surface area (Å²) in [7, 11) is 0. The maximum absolute atomic E-state index is 15.5. The first-order chi connectivity index (χ1) is 29.2. The van der Waals surface area contributed by atoms with Crippen molar-refractivity contribution in [3.05, 3.63) is 198 Å². The Morgan fingerprint density at radius 2 is 0.900 bits per heavy atom. The molecule has 0 aliphatic heterocycles. The van der Waals surface area contributed by atoms with Crippen LogP contribution in [0.5, 0.6) is 0 Å². The Labute approximate surface area is 342 Å². The van der Waals surface area contributed by atoms with Crippen molar-refractivity contribution in [1.82, 2.24) is 9.13 Å². The molecule has 0 unspecified atom stereocenters. The van der Waals surface area contributed by atoms with Gasteiger partial charge in [0.2, 0.25) is 0 Å². The fourth-order valence-electron chi connectivity index (χ4n) is 8.51. The molecule has 8 aromatic carbocycles. The molecule has 0 aliphatic carbocycles. The van der Waals surface area contributed by atoms with Crippen LogP contribution in [0, 0.1) is 29.2 Å². The van der Waals surface area contributed by atoms with E-state index in [9.17, 15) is 10.5 Å². The second kappa shape index (κ2) is 13.9. The van der Waals surface area contributed by atoms with E-state index >= 15 is 13.2 Å². The summed E-state index contributed by atoms with van der Waals surface area (Å²) in [4.78, 5) is 3.62. The molecule has 60 heavy (non-hydrogen) atoms. The highest BCUT2D eigenvalue weighted by Crippen LogP contribution is 2.46. The molecule has 0 amide bonds. The summed E-state index contributed by atoms with van der Waals surface area (Å²) in [5.41, 5.74) is 8.00. The van der Waals surface area contributed by atoms with E-state index < -0.39 is 11.7 Å². The molecule has 10 rings (SSSR count). The van der Waals surface area contributed by atoms with Crippen LogP contribution >= 0.6 is 0 Å². The molecule has 0 atom stereocenters. The molecule has 0 spiro atoms. The van der Waals surface area contributed by atoms with Crippen molar-refractivity contribution < 1.29 is 13.2 Å². The van der Waals surface area contributed by atoms with Crippen LogP contribution in [-0.4, -0.2) is 9.13 Å². The van der Waals surface area contributed by atoms with Crippen molar-refractivity contribution in [2.45, 2.75) is 6.18 Å². The van der Waals surface area contributed by atoms with Crippen molar-refractivity contribution in [3.63, 3.8) is 0 Å². The van der Waals surface area contributed by atoms with Gasteiger partial charge in [-0.25, -0.2) is 4.85 Å². The Kier molecular flexibility index (Phi) is 8.35. The molecular formula is C52H28F3N5. The number of hydrogen-bond acceptors (Lipinski definition) is 2. The molecule has 5 nitrogen and oxygen atoms in total. The lowest BCUT2D eigenvalue weighted by atomic mass is 9.96. The second-order valence-electron chi connectivity index (χ2n) is 14.6. The van der Waals surface area contributed by atoms with Crippen LogP contribution in [0.2, 0.25) is 0 Å². The van der Waals surface area contributed by atoms with Gasteiger partial charge in [0, 0.05) is 27.1 Å². The number of rotatable bonds is 5. The number of nitriles is 2. The Morgan fingerprint density at radius 3 is 1.42 bits per heavy atom. The maximum atomic E-state index is 15.5. The van der Waals surface area contributed by atoms with Crippen LogP contribution < -0.4 is 0 Å². The summed E-state index contributed by atoms with van der Waals surface area (Å²) in [6, 6.07) is 55.5. The smallest absolute Gasteiger partial charge is 0.309 e. The predicted octanol–water partition coefficient (Wildman–Crippen LogP) is 14.2. The summed E-state index contributed by atoms with van der Waals surface area (Å²) in [6.45, 7) is 7.61. The van der Waals surface area contributed by atoms with Gasteiger partial charge in [-0.05, 0) is 94.5 Å². The number of aromatic nitrogens is 2. The van der Waals surface area contributed by atoms with Gasteiger partial charge in [-0.3, -0.25) is 0 Å². The molecule has 0 radical (unpaired) electrons. The largest absolute Gasteiger partial charge is 0.416 e. The highest BCUT2D eigenvalue weighted by Gasteiger charge is 2.34. The normalized spacial score (nSPS) is 11.5. The Morgan fingerprint density at radius 1 is 0.450 bits per heavy atom. The molecular weight excluding hydrogens is 752 g/mol. The van der Waals surface area contributed by atoms with Crippen molar-refractivity contribution in [2.75, 3.05) is 0 Å². The molecule has 282 valence electrons. The summed E-state index contributed by atoms with van der Waals surface area (Å²) in [6.07, 6.45) is -4.75. The van der Waals surface area contributed by atoms with Gasteiger partial charge in [0.1, 0.15) is 0 Å². The van der Waals surface area contributed by atoms with Crippen LogP contribution in [-0.2, 0) is 6.18 Å². The number of nitrogens with zero attached hydrogens (tertiary/aromatic N) is 5. The van der Waals surface area contributed by atoms with E-state index in [4.69, 9.17) is 6.57 Å². The number of fused-ring (bicyclic) bond motifs is 6. The third-order valence-corrected chi connectivity index (χ3v) is 11.2. The van der Waals surface area contributed by atoms with Gasteiger partial charge >= 0.3 is 6.18 Å². The summed E-state index contributed by atoms with van der Waals surface area (Å²) >= 11 is 0. The zero-order chi connectivity index (χ0) is 41.1. The third-order valence-electron chi connectivity index (χ3n) is 11.2. The van der Waals surface area contributed by atoms with Crippen LogP contribution in [0.3, 0.4) is 0 Å². The standard InChI is InChI=1S/C52H28F3N5/c1-58-40-14-8-12-35(25-40)37-20-22-44-42-16-3-5-18-46(42)60(48(44)27-37)50-29-39(52(53,54)55)28-49(51(50)38-13-7-10-33(24-38)31-57)59-45-17-4-2-15-41(45)43-21-19-36(26-47(43)59)34-11-6-9-32(23-34)30-56/h2-29H. The minimum Gasteiger partial charge on any atom is -0.309 e. The number of para-hydroxylation sites is 2. The van der Waals surface area contributed by atoms with Crippen molar-refractivity contribution in [2.24, 2.45) is 0 Å². The number of halogens is 3. The third kappa shape index (κ3) is 5.85. The summed E-state index contributed by atoms with van der Waals surface area (Å²) in [5.74, 6) is 0. The summed E-state index contributed by atoms with van der Waals surface area (Å²) in [5, 5.41) is 23.2. The molecule has 0 bridgehead atoms. The van der Waals surface area contributed by atoms with Gasteiger partial charge in [-0.15, -0.1) is 0 Å². The van der Waals surface area contributed by atoms with Gasteiger partial charge in [-0.1, -0.05) is 103 Å². The van der Waals surface area contributed by atoms with E-state index in [-0.39, 0.29) is 11.4 Å². The van der Waals surface area contributed by atoms with E-state index in [0.29, 0.717) is 50.0 Å². The number of hydrogen-bond donors (Lipinski definition) is 0. The van der Waals surface area contributed by atoms with Crippen LogP contribution in [0.4, 0.5) is 18.9 Å². The van der Waals surface area contributed by atoms with Crippen molar-refractivity contribution in [1.29, 1.82) is 10.5 Å². The molecule has 2 heterocycles. The van der Waals surface area contributed by atoms with E-state index in [1.54, 1.807) is 42.5 Å². The first-order valence-electron chi connectivity index (χ1n) is 19.1. The molecule has 0 N–H and O–H groups in total. The molecule has 0 aliphatic rings. The minimum absolute atomic E-state index is 0.274. The number of benzene rings is 8. The Hall–Kier alpha value is -8.38. The highest BCUT2D eigenvalue weighted by molar-refractivity contribution is 6.13. The van der Waals surface area contributed by atoms with Gasteiger partial charge in [0.25, 0.3) is 0 Å². The fraction of sp³-hybridized carbons (Fsp3) is 0.0192. The van der Waals surface area contributed by atoms with Crippen LogP contribution in [0.15, 0.2) is 170 Å². The van der Waals surface area contributed by atoms with Crippen molar-refractivity contribution >= 4 is 49.3 Å². The number of alkyl halides is 3. The van der Waals surface area contributed by atoms with Crippen LogP contribution in [0.1, 0.15) is 16.7 Å². The van der Waals surface area contributed by atoms with E-state index in [1.165, 1.54) is 12.1 Å². The van der Waals surface area contributed by atoms with Gasteiger partial charge in [0.15, 0.2) is 5.69 Å². The zero-order valence-corrected chi connectivity index (χ0v) is 31.5. The average Bonchev–Trinajstić information content (AvgIpc) is 3.80. The minimum atomic E-state index is -4.75. The average molecular weight is 780 g/mol. The highest BCUT2D eigenvalue weighted by atomic mass is 19.4.